The van der Waals surface area contributed by atoms with Crippen molar-refractivity contribution in [3.63, 3.8) is 0 Å². The molecule has 1 aliphatic heterocycles. The van der Waals surface area contributed by atoms with Gasteiger partial charge in [0.2, 0.25) is 5.78 Å². The molecule has 0 atom stereocenters. The molecule has 2 aromatic rings. The molecule has 0 amide bonds. The van der Waals surface area contributed by atoms with Gasteiger partial charge in [-0.2, -0.15) is 5.26 Å². The number of hydrogen-bond acceptors (Lipinski definition) is 4. The van der Waals surface area contributed by atoms with Gasteiger partial charge in [-0.05, 0) is 25.0 Å². The van der Waals surface area contributed by atoms with Gasteiger partial charge >= 0.3 is 0 Å². The van der Waals surface area contributed by atoms with E-state index < -0.39 is 0 Å². The highest BCUT2D eigenvalue weighted by Crippen LogP contribution is 2.39. The highest BCUT2D eigenvalue weighted by atomic mass is 32.2. The number of nitriles is 1. The van der Waals surface area contributed by atoms with Gasteiger partial charge in [-0.1, -0.05) is 66.4 Å². The van der Waals surface area contributed by atoms with Crippen molar-refractivity contribution < 1.29 is 4.79 Å². The number of ketones is 1. The molecule has 118 valence electrons. The fourth-order valence-electron chi connectivity index (χ4n) is 2.59. The van der Waals surface area contributed by atoms with Crippen LogP contribution in [-0.4, -0.2) is 5.78 Å². The Hall–Kier alpha value is -2.77. The first-order chi connectivity index (χ1) is 11.6. The summed E-state index contributed by atoms with van der Waals surface area (Å²) in [6, 6.07) is 19.3. The second-order valence-electron chi connectivity index (χ2n) is 5.48. The topological polar surface area (TPSA) is 52.9 Å². The van der Waals surface area contributed by atoms with Crippen LogP contribution < -0.4 is 5.32 Å². The zero-order valence-corrected chi connectivity index (χ0v) is 14.3. The minimum atomic E-state index is -0.243. The van der Waals surface area contributed by atoms with E-state index in [2.05, 4.69) is 11.4 Å². The van der Waals surface area contributed by atoms with Crippen LogP contribution in [-0.2, 0) is 0 Å². The van der Waals surface area contributed by atoms with Crippen molar-refractivity contribution in [1.29, 1.82) is 5.26 Å². The Morgan fingerprint density at radius 2 is 1.71 bits per heavy atom. The van der Waals surface area contributed by atoms with Crippen LogP contribution in [0.25, 0.3) is 5.70 Å². The number of nitrogens with zero attached hydrogens (tertiary/aromatic N) is 1. The average Bonchev–Trinajstić information content (AvgIpc) is 2.98. The van der Waals surface area contributed by atoms with Crippen molar-refractivity contribution in [2.24, 2.45) is 0 Å². The van der Waals surface area contributed by atoms with Crippen LogP contribution in [0.1, 0.15) is 28.4 Å². The Bertz CT molecular complexity index is 905. The number of aryl methyl sites for hydroxylation is 1. The van der Waals surface area contributed by atoms with Crippen LogP contribution in [0, 0.1) is 18.3 Å². The molecule has 4 heteroatoms. The number of carbonyl (C=O) groups excluding carboxylic acids is 1. The number of Topliss-reactive ketones (excluding diaryl/α,β-unsaturated/α-hetero) is 1. The van der Waals surface area contributed by atoms with E-state index in [9.17, 15) is 10.1 Å². The van der Waals surface area contributed by atoms with Crippen LogP contribution in [0.3, 0.4) is 0 Å². The first kappa shape index (κ1) is 16.1. The first-order valence-electron chi connectivity index (χ1n) is 7.57. The third-order valence-electron chi connectivity index (χ3n) is 3.86. The third kappa shape index (κ3) is 2.99. The molecule has 0 aliphatic carbocycles. The summed E-state index contributed by atoms with van der Waals surface area (Å²) in [5.41, 5.74) is 3.57. The number of thioether (sulfide) groups is 1. The molecule has 1 N–H and O–H groups in total. The van der Waals surface area contributed by atoms with Crippen molar-refractivity contribution in [3.8, 4) is 6.07 Å². The minimum absolute atomic E-state index is 0.152. The summed E-state index contributed by atoms with van der Waals surface area (Å²) < 4.78 is 0. The van der Waals surface area contributed by atoms with Gasteiger partial charge in [-0.3, -0.25) is 4.79 Å². The van der Waals surface area contributed by atoms with E-state index in [4.69, 9.17) is 0 Å². The zero-order chi connectivity index (χ0) is 17.1. The van der Waals surface area contributed by atoms with Crippen LogP contribution in [0.15, 0.2) is 70.1 Å². The lowest BCUT2D eigenvalue weighted by atomic mass is 10.0. The highest BCUT2D eigenvalue weighted by Gasteiger charge is 2.25. The normalized spacial score (nSPS) is 15.7. The fourth-order valence-corrected chi connectivity index (χ4v) is 3.56. The van der Waals surface area contributed by atoms with Crippen molar-refractivity contribution in [1.82, 2.24) is 5.32 Å². The number of nitrogens with one attached hydrogen (secondary N) is 1. The first-order valence-corrected chi connectivity index (χ1v) is 8.39. The maximum atomic E-state index is 12.8. The zero-order valence-electron chi connectivity index (χ0n) is 13.5. The van der Waals surface area contributed by atoms with E-state index in [1.54, 1.807) is 6.07 Å². The molecular weight excluding hydrogens is 316 g/mol. The number of allylic oxidation sites excluding steroid dienone is 2. The van der Waals surface area contributed by atoms with Gasteiger partial charge < -0.3 is 5.32 Å². The van der Waals surface area contributed by atoms with Crippen molar-refractivity contribution in [2.75, 3.05) is 0 Å². The second kappa shape index (κ2) is 6.77. The summed E-state index contributed by atoms with van der Waals surface area (Å²) in [6.07, 6.45) is 0. The van der Waals surface area contributed by atoms with Gasteiger partial charge in [0.05, 0.1) is 10.7 Å². The monoisotopic (exact) mass is 332 g/mol. The summed E-state index contributed by atoms with van der Waals surface area (Å²) in [4.78, 5) is 13.8. The molecule has 0 bridgehead atoms. The predicted molar refractivity (Wildman–Crippen MR) is 97.9 cm³/mol. The molecule has 1 heterocycles. The van der Waals surface area contributed by atoms with E-state index in [0.717, 1.165) is 21.7 Å². The molecule has 2 aromatic carbocycles. The molecule has 0 saturated carbocycles. The molecule has 3 rings (SSSR count). The van der Waals surface area contributed by atoms with Gasteiger partial charge in [0.25, 0.3) is 0 Å². The van der Waals surface area contributed by atoms with E-state index in [0.29, 0.717) is 10.6 Å². The van der Waals surface area contributed by atoms with E-state index in [1.165, 1.54) is 11.8 Å². The largest absolute Gasteiger partial charge is 0.348 e. The van der Waals surface area contributed by atoms with Gasteiger partial charge in [0.1, 0.15) is 11.6 Å². The smallest absolute Gasteiger partial charge is 0.206 e. The van der Waals surface area contributed by atoms with Crippen molar-refractivity contribution in [2.45, 2.75) is 13.8 Å². The Morgan fingerprint density at radius 3 is 2.38 bits per heavy atom. The maximum absolute atomic E-state index is 12.8. The summed E-state index contributed by atoms with van der Waals surface area (Å²) in [5, 5.41) is 13.4. The Morgan fingerprint density at radius 1 is 1.04 bits per heavy atom. The molecule has 3 nitrogen and oxygen atoms in total. The van der Waals surface area contributed by atoms with Gasteiger partial charge in [-0.25, -0.2) is 0 Å². The molecule has 0 radical (unpaired) electrons. The highest BCUT2D eigenvalue weighted by molar-refractivity contribution is 8.07. The Kier molecular flexibility index (Phi) is 4.54. The molecule has 0 aromatic heterocycles. The summed E-state index contributed by atoms with van der Waals surface area (Å²) in [6.45, 7) is 3.86. The molecule has 1 aliphatic rings. The van der Waals surface area contributed by atoms with E-state index in [-0.39, 0.29) is 11.4 Å². The Labute approximate surface area is 145 Å². The molecule has 0 fully saturated rings. The summed E-state index contributed by atoms with van der Waals surface area (Å²) in [7, 11) is 0. The Balaban J connectivity index is 1.97. The lowest BCUT2D eigenvalue weighted by molar-refractivity contribution is 0.103. The lowest BCUT2D eigenvalue weighted by Gasteiger charge is -2.08. The lowest BCUT2D eigenvalue weighted by Crippen LogP contribution is -2.12. The van der Waals surface area contributed by atoms with Crippen LogP contribution in [0.2, 0.25) is 0 Å². The van der Waals surface area contributed by atoms with Crippen LogP contribution in [0.5, 0.6) is 0 Å². The number of benzene rings is 2. The fraction of sp³-hybridized carbons (Fsp3) is 0.100. The van der Waals surface area contributed by atoms with E-state index in [1.807, 2.05) is 62.4 Å². The predicted octanol–water partition coefficient (Wildman–Crippen LogP) is 4.64. The molecule has 0 unspecified atom stereocenters. The molecule has 0 saturated heterocycles. The van der Waals surface area contributed by atoms with Gasteiger partial charge in [0.15, 0.2) is 0 Å². The SMILES string of the molecule is CC1=C(c2ccccc2)NC(=C(C#N)C(=O)c2ccccc2C)S1. The number of hydrogen-bond donors (Lipinski definition) is 1. The van der Waals surface area contributed by atoms with E-state index >= 15 is 0 Å². The van der Waals surface area contributed by atoms with Gasteiger partial charge in [-0.15, -0.1) is 0 Å². The number of carbonyl (C=O) groups is 1. The maximum Gasteiger partial charge on any atom is 0.206 e. The van der Waals surface area contributed by atoms with Crippen molar-refractivity contribution in [3.05, 3.63) is 86.8 Å². The van der Waals surface area contributed by atoms with Crippen LogP contribution >= 0.6 is 11.8 Å². The summed E-state index contributed by atoms with van der Waals surface area (Å²) >= 11 is 1.43. The van der Waals surface area contributed by atoms with Gasteiger partial charge in [0, 0.05) is 10.5 Å². The number of rotatable bonds is 3. The second-order valence-corrected chi connectivity index (χ2v) is 6.71. The summed E-state index contributed by atoms with van der Waals surface area (Å²) in [5.74, 6) is -0.243. The quantitative estimate of drug-likeness (QED) is 0.505. The van der Waals surface area contributed by atoms with Crippen molar-refractivity contribution >= 4 is 23.2 Å². The average molecular weight is 332 g/mol. The standard InChI is InChI=1S/C20H16N2OS/c1-13-8-6-7-11-16(13)19(23)17(12-21)20-22-18(14(2)24-20)15-9-4-3-5-10-15/h3-11,22H,1-2H3. The minimum Gasteiger partial charge on any atom is -0.348 e. The molecular formula is C20H16N2OS. The third-order valence-corrected chi connectivity index (χ3v) is 4.88. The molecule has 0 spiro atoms. The van der Waals surface area contributed by atoms with Crippen LogP contribution in [0.4, 0.5) is 0 Å². The molecule has 24 heavy (non-hydrogen) atoms.